The Labute approximate surface area is 107 Å². The van der Waals surface area contributed by atoms with Gasteiger partial charge in [-0.15, -0.1) is 0 Å². The number of carboxylic acids is 1. The first-order chi connectivity index (χ1) is 8.61. The maximum atomic E-state index is 10.8. The van der Waals surface area contributed by atoms with Gasteiger partial charge in [0.1, 0.15) is 0 Å². The number of carbonyl (C=O) groups is 1. The minimum absolute atomic E-state index is 0.00368. The van der Waals surface area contributed by atoms with Crippen molar-refractivity contribution >= 4 is 5.97 Å². The fraction of sp³-hybridized carbons (Fsp3) is 0.583. The summed E-state index contributed by atoms with van der Waals surface area (Å²) in [6, 6.07) is 1.66. The van der Waals surface area contributed by atoms with Crippen LogP contribution in [0.4, 0.5) is 0 Å². The van der Waals surface area contributed by atoms with Gasteiger partial charge >= 0.3 is 5.97 Å². The Balaban J connectivity index is 2.11. The molecular formula is C12H20N2O4. The molecule has 0 saturated heterocycles. The summed E-state index contributed by atoms with van der Waals surface area (Å²) < 4.78 is 10.3. The molecular weight excluding hydrogens is 236 g/mol. The topological polar surface area (TPSA) is 74.9 Å². The number of likely N-dealkylation sites (N-methyl/N-ethyl adjacent to an activating group) is 1. The lowest BCUT2D eigenvalue weighted by molar-refractivity contribution is 0.0660. The van der Waals surface area contributed by atoms with E-state index in [1.807, 2.05) is 14.1 Å². The highest BCUT2D eigenvalue weighted by Crippen LogP contribution is 2.09. The van der Waals surface area contributed by atoms with Crippen molar-refractivity contribution in [3.63, 3.8) is 0 Å². The van der Waals surface area contributed by atoms with Crippen LogP contribution < -0.4 is 5.32 Å². The lowest BCUT2D eigenvalue weighted by atomic mass is 10.2. The van der Waals surface area contributed by atoms with Crippen molar-refractivity contribution in [2.75, 3.05) is 40.4 Å². The van der Waals surface area contributed by atoms with Crippen LogP contribution in [0, 0.1) is 0 Å². The van der Waals surface area contributed by atoms with Gasteiger partial charge in [-0.05, 0) is 20.2 Å². The quantitative estimate of drug-likeness (QED) is 0.632. The summed E-state index contributed by atoms with van der Waals surface area (Å²) in [5.41, 5.74) is 0.649. The molecule has 0 unspecified atom stereocenters. The predicted molar refractivity (Wildman–Crippen MR) is 66.7 cm³/mol. The van der Waals surface area contributed by atoms with Gasteiger partial charge in [0.2, 0.25) is 5.76 Å². The van der Waals surface area contributed by atoms with Crippen LogP contribution in [0.5, 0.6) is 0 Å². The van der Waals surface area contributed by atoms with Crippen LogP contribution >= 0.6 is 0 Å². The maximum absolute atomic E-state index is 10.8. The molecule has 1 rings (SSSR count). The second-order valence-corrected chi connectivity index (χ2v) is 4.17. The third kappa shape index (κ3) is 5.31. The molecule has 0 bridgehead atoms. The first kappa shape index (κ1) is 14.7. The van der Waals surface area contributed by atoms with Crippen molar-refractivity contribution in [1.82, 2.24) is 10.2 Å². The highest BCUT2D eigenvalue weighted by atomic mass is 16.5. The smallest absolute Gasteiger partial charge is 0.372 e. The Hall–Kier alpha value is -1.37. The van der Waals surface area contributed by atoms with Crippen LogP contribution in [0.15, 0.2) is 16.7 Å². The molecule has 0 amide bonds. The molecule has 0 saturated carbocycles. The summed E-state index contributed by atoms with van der Waals surface area (Å²) in [5.74, 6) is -1.05. The Morgan fingerprint density at radius 1 is 1.50 bits per heavy atom. The molecule has 0 fully saturated rings. The molecule has 0 aromatic carbocycles. The second-order valence-electron chi connectivity index (χ2n) is 4.17. The monoisotopic (exact) mass is 256 g/mol. The Morgan fingerprint density at radius 2 is 2.28 bits per heavy atom. The van der Waals surface area contributed by atoms with Gasteiger partial charge in [0.05, 0.1) is 19.5 Å². The van der Waals surface area contributed by atoms with Crippen LogP contribution in [0.25, 0.3) is 0 Å². The molecule has 6 nitrogen and oxygen atoms in total. The van der Waals surface area contributed by atoms with E-state index in [0.717, 1.165) is 6.54 Å². The lowest BCUT2D eigenvalue weighted by Gasteiger charge is -2.10. The Kier molecular flexibility index (Phi) is 6.42. The summed E-state index contributed by atoms with van der Waals surface area (Å²) in [5, 5.41) is 11.9. The van der Waals surface area contributed by atoms with Crippen molar-refractivity contribution in [2.24, 2.45) is 0 Å². The highest BCUT2D eigenvalue weighted by molar-refractivity contribution is 5.86. The number of furan rings is 1. The molecule has 18 heavy (non-hydrogen) atoms. The lowest BCUT2D eigenvalue weighted by Crippen LogP contribution is -2.23. The van der Waals surface area contributed by atoms with Crippen molar-refractivity contribution < 1.29 is 19.1 Å². The van der Waals surface area contributed by atoms with Crippen molar-refractivity contribution in [1.29, 1.82) is 0 Å². The van der Waals surface area contributed by atoms with E-state index in [0.29, 0.717) is 31.9 Å². The average molecular weight is 256 g/mol. The van der Waals surface area contributed by atoms with Crippen LogP contribution in [0.2, 0.25) is 0 Å². The molecule has 0 aliphatic carbocycles. The predicted octanol–water partition coefficient (Wildman–Crippen LogP) is 0.646. The first-order valence-corrected chi connectivity index (χ1v) is 5.84. The van der Waals surface area contributed by atoms with Gasteiger partial charge < -0.3 is 24.5 Å². The molecule has 2 N–H and O–H groups in total. The van der Waals surface area contributed by atoms with E-state index in [4.69, 9.17) is 14.3 Å². The molecule has 0 atom stereocenters. The number of ether oxygens (including phenoxy) is 1. The minimum atomic E-state index is -1.04. The normalized spacial score (nSPS) is 11.1. The Morgan fingerprint density at radius 3 is 2.94 bits per heavy atom. The number of nitrogens with zero attached hydrogens (tertiary/aromatic N) is 1. The second kappa shape index (κ2) is 7.86. The van der Waals surface area contributed by atoms with E-state index in [-0.39, 0.29) is 5.76 Å². The Bertz CT molecular complexity index is 363. The third-order valence-corrected chi connectivity index (χ3v) is 2.36. The first-order valence-electron chi connectivity index (χ1n) is 5.84. The van der Waals surface area contributed by atoms with E-state index < -0.39 is 5.97 Å². The van der Waals surface area contributed by atoms with Gasteiger partial charge in [0.15, 0.2) is 0 Å². The zero-order chi connectivity index (χ0) is 13.4. The minimum Gasteiger partial charge on any atom is -0.475 e. The SMILES string of the molecule is CN(C)CCOCCNCc1ccoc1C(=O)O. The molecule has 102 valence electrons. The zero-order valence-electron chi connectivity index (χ0n) is 10.8. The standard InChI is InChI=1S/C12H20N2O4/c1-14(2)5-8-17-7-4-13-9-10-3-6-18-11(10)12(15)16/h3,6,13H,4-5,7-9H2,1-2H3,(H,15,16). The number of rotatable bonds is 9. The molecule has 0 aliphatic rings. The number of carboxylic acid groups (broad SMARTS) is 1. The van der Waals surface area contributed by atoms with Gasteiger partial charge in [0, 0.05) is 25.2 Å². The van der Waals surface area contributed by atoms with E-state index in [1.54, 1.807) is 6.07 Å². The van der Waals surface area contributed by atoms with Crippen molar-refractivity contribution in [3.8, 4) is 0 Å². The number of hydrogen-bond acceptors (Lipinski definition) is 5. The summed E-state index contributed by atoms with van der Waals surface area (Å²) in [6.45, 7) is 3.34. The fourth-order valence-corrected chi connectivity index (χ4v) is 1.38. The largest absolute Gasteiger partial charge is 0.475 e. The van der Waals surface area contributed by atoms with Crippen LogP contribution in [0.1, 0.15) is 16.1 Å². The molecule has 6 heteroatoms. The van der Waals surface area contributed by atoms with E-state index in [2.05, 4.69) is 10.2 Å². The number of aromatic carboxylic acids is 1. The summed E-state index contributed by atoms with van der Waals surface area (Å²) in [6.07, 6.45) is 1.38. The summed E-state index contributed by atoms with van der Waals surface area (Å²) in [7, 11) is 3.99. The molecule has 0 radical (unpaired) electrons. The van der Waals surface area contributed by atoms with Crippen molar-refractivity contribution in [2.45, 2.75) is 6.54 Å². The van der Waals surface area contributed by atoms with E-state index in [1.165, 1.54) is 6.26 Å². The average Bonchev–Trinajstić information content (AvgIpc) is 2.75. The number of nitrogens with one attached hydrogen (secondary N) is 1. The zero-order valence-corrected chi connectivity index (χ0v) is 10.8. The number of hydrogen-bond donors (Lipinski definition) is 2. The highest BCUT2D eigenvalue weighted by Gasteiger charge is 2.12. The van der Waals surface area contributed by atoms with Gasteiger partial charge in [-0.2, -0.15) is 0 Å². The van der Waals surface area contributed by atoms with Gasteiger partial charge in [-0.25, -0.2) is 4.79 Å². The summed E-state index contributed by atoms with van der Waals surface area (Å²) >= 11 is 0. The van der Waals surface area contributed by atoms with Crippen LogP contribution in [0.3, 0.4) is 0 Å². The van der Waals surface area contributed by atoms with Crippen molar-refractivity contribution in [3.05, 3.63) is 23.7 Å². The molecule has 0 spiro atoms. The van der Waals surface area contributed by atoms with E-state index in [9.17, 15) is 4.79 Å². The van der Waals surface area contributed by atoms with Crippen LogP contribution in [-0.4, -0.2) is 56.4 Å². The molecule has 1 aromatic heterocycles. The van der Waals surface area contributed by atoms with Gasteiger partial charge in [-0.1, -0.05) is 0 Å². The molecule has 1 heterocycles. The van der Waals surface area contributed by atoms with E-state index >= 15 is 0 Å². The summed E-state index contributed by atoms with van der Waals surface area (Å²) in [4.78, 5) is 12.8. The van der Waals surface area contributed by atoms with Crippen LogP contribution in [-0.2, 0) is 11.3 Å². The molecule has 0 aliphatic heterocycles. The molecule has 1 aromatic rings. The maximum Gasteiger partial charge on any atom is 0.372 e. The third-order valence-electron chi connectivity index (χ3n) is 2.36. The van der Waals surface area contributed by atoms with Gasteiger partial charge in [-0.3, -0.25) is 0 Å². The van der Waals surface area contributed by atoms with Gasteiger partial charge in [0.25, 0.3) is 0 Å². The fourth-order valence-electron chi connectivity index (χ4n) is 1.38.